The van der Waals surface area contributed by atoms with Gasteiger partial charge in [0.15, 0.2) is 0 Å². The number of carbonyl (C=O) groups excluding carboxylic acids is 2. The number of urea groups is 1. The number of carboxylic acid groups (broad SMARTS) is 1. The monoisotopic (exact) mass is 285 g/mol. The minimum absolute atomic E-state index is 0.129. The first-order valence-corrected chi connectivity index (χ1v) is 6.92. The average molecular weight is 285 g/mol. The number of aliphatic carboxylic acids is 1. The van der Waals surface area contributed by atoms with E-state index < -0.39 is 17.5 Å². The molecule has 0 aliphatic heterocycles. The predicted molar refractivity (Wildman–Crippen MR) is 73.2 cm³/mol. The molecule has 7 heteroatoms. The smallest absolute Gasteiger partial charge is 0.329 e. The number of hydrogen-bond donors (Lipinski definition) is 4. The van der Waals surface area contributed by atoms with Gasteiger partial charge in [0.05, 0.1) is 0 Å². The molecule has 0 aromatic rings. The van der Waals surface area contributed by atoms with E-state index in [9.17, 15) is 14.4 Å². The summed E-state index contributed by atoms with van der Waals surface area (Å²) in [6, 6.07) is -0.538. The van der Waals surface area contributed by atoms with Crippen LogP contribution in [0.25, 0.3) is 0 Å². The summed E-state index contributed by atoms with van der Waals surface area (Å²) in [5.74, 6) is -0.756. The van der Waals surface area contributed by atoms with Crippen molar-refractivity contribution in [2.24, 2.45) is 5.92 Å². The molecule has 1 saturated carbocycles. The molecule has 0 radical (unpaired) electrons. The van der Waals surface area contributed by atoms with Gasteiger partial charge in [-0.05, 0) is 25.2 Å². The molecule has 1 fully saturated rings. The molecule has 1 aliphatic carbocycles. The molecular formula is C13H23N3O4. The highest BCUT2D eigenvalue weighted by molar-refractivity contribution is 5.87. The average Bonchev–Trinajstić information content (AvgIpc) is 2.30. The molecule has 0 saturated heterocycles. The molecule has 1 rings (SSSR count). The topological polar surface area (TPSA) is 108 Å². The van der Waals surface area contributed by atoms with Crippen LogP contribution in [0.15, 0.2) is 0 Å². The second-order valence-electron chi connectivity index (χ2n) is 5.57. The van der Waals surface area contributed by atoms with Crippen LogP contribution in [-0.2, 0) is 9.59 Å². The summed E-state index contributed by atoms with van der Waals surface area (Å²) < 4.78 is 0. The first kappa shape index (κ1) is 16.3. The second-order valence-corrected chi connectivity index (χ2v) is 5.57. The van der Waals surface area contributed by atoms with E-state index in [0.29, 0.717) is 25.3 Å². The Hall–Kier alpha value is -1.79. The van der Waals surface area contributed by atoms with Gasteiger partial charge in [0.25, 0.3) is 0 Å². The number of carboxylic acids is 1. The number of rotatable bonds is 7. The molecule has 0 aromatic carbocycles. The number of hydrogen-bond acceptors (Lipinski definition) is 3. The molecule has 7 nitrogen and oxygen atoms in total. The summed E-state index contributed by atoms with van der Waals surface area (Å²) in [4.78, 5) is 34.1. The lowest BCUT2D eigenvalue weighted by Gasteiger charge is -2.38. The SMILES string of the molecule is CC(C)CNC(=O)CCNC(=O)NC1(C(=O)O)CCC1. The van der Waals surface area contributed by atoms with Crippen molar-refractivity contribution in [3.8, 4) is 0 Å². The van der Waals surface area contributed by atoms with Gasteiger partial charge in [-0.3, -0.25) is 4.79 Å². The van der Waals surface area contributed by atoms with E-state index in [2.05, 4.69) is 16.0 Å². The molecule has 0 bridgehead atoms. The van der Waals surface area contributed by atoms with Gasteiger partial charge >= 0.3 is 12.0 Å². The highest BCUT2D eigenvalue weighted by Gasteiger charge is 2.45. The van der Waals surface area contributed by atoms with Gasteiger partial charge < -0.3 is 21.1 Å². The van der Waals surface area contributed by atoms with E-state index in [1.54, 1.807) is 0 Å². The zero-order valence-corrected chi connectivity index (χ0v) is 12.0. The fourth-order valence-corrected chi connectivity index (χ4v) is 1.88. The molecule has 1 aliphatic rings. The molecular weight excluding hydrogens is 262 g/mol. The van der Waals surface area contributed by atoms with Crippen LogP contribution in [0.5, 0.6) is 0 Å². The molecule has 3 amide bonds. The minimum Gasteiger partial charge on any atom is -0.480 e. The van der Waals surface area contributed by atoms with Gasteiger partial charge in [-0.15, -0.1) is 0 Å². The molecule has 20 heavy (non-hydrogen) atoms. The van der Waals surface area contributed by atoms with Crippen LogP contribution in [0.4, 0.5) is 4.79 Å². The molecule has 0 heterocycles. The van der Waals surface area contributed by atoms with Gasteiger partial charge in [-0.1, -0.05) is 13.8 Å². The van der Waals surface area contributed by atoms with Crippen LogP contribution in [0, 0.1) is 5.92 Å². The third kappa shape index (κ3) is 4.71. The van der Waals surface area contributed by atoms with E-state index in [1.807, 2.05) is 13.8 Å². The number of carbonyl (C=O) groups is 3. The maximum atomic E-state index is 11.6. The largest absolute Gasteiger partial charge is 0.480 e. The fourth-order valence-electron chi connectivity index (χ4n) is 1.88. The Labute approximate surface area is 118 Å². The van der Waals surface area contributed by atoms with E-state index in [-0.39, 0.29) is 18.9 Å². The van der Waals surface area contributed by atoms with Crippen molar-refractivity contribution < 1.29 is 19.5 Å². The highest BCUT2D eigenvalue weighted by atomic mass is 16.4. The van der Waals surface area contributed by atoms with Crippen LogP contribution < -0.4 is 16.0 Å². The van der Waals surface area contributed by atoms with Crippen molar-refractivity contribution in [3.63, 3.8) is 0 Å². The zero-order chi connectivity index (χ0) is 15.2. The maximum Gasteiger partial charge on any atom is 0.329 e. The van der Waals surface area contributed by atoms with E-state index in [4.69, 9.17) is 5.11 Å². The molecule has 0 atom stereocenters. The lowest BCUT2D eigenvalue weighted by Crippen LogP contribution is -2.61. The van der Waals surface area contributed by atoms with Crippen molar-refractivity contribution in [2.45, 2.75) is 45.1 Å². The summed E-state index contributed by atoms with van der Waals surface area (Å²) in [5, 5.41) is 16.8. The summed E-state index contributed by atoms with van der Waals surface area (Å²) in [6.07, 6.45) is 1.87. The molecule has 0 spiro atoms. The molecule has 0 unspecified atom stereocenters. The van der Waals surface area contributed by atoms with Gasteiger partial charge in [-0.2, -0.15) is 0 Å². The lowest BCUT2D eigenvalue weighted by atomic mass is 9.77. The number of amides is 3. The van der Waals surface area contributed by atoms with Crippen molar-refractivity contribution in [1.82, 2.24) is 16.0 Å². The highest BCUT2D eigenvalue weighted by Crippen LogP contribution is 2.31. The Morgan fingerprint density at radius 3 is 2.30 bits per heavy atom. The molecule has 0 aromatic heterocycles. The van der Waals surface area contributed by atoms with Crippen LogP contribution in [-0.4, -0.2) is 41.6 Å². The van der Waals surface area contributed by atoms with Crippen molar-refractivity contribution >= 4 is 17.9 Å². The Morgan fingerprint density at radius 1 is 1.20 bits per heavy atom. The summed E-state index contributed by atoms with van der Waals surface area (Å²) in [5.41, 5.74) is -1.12. The van der Waals surface area contributed by atoms with Gasteiger partial charge in [0.1, 0.15) is 5.54 Å². The zero-order valence-electron chi connectivity index (χ0n) is 12.0. The third-order valence-corrected chi connectivity index (χ3v) is 3.31. The lowest BCUT2D eigenvalue weighted by molar-refractivity contribution is -0.148. The predicted octanol–water partition coefficient (Wildman–Crippen LogP) is 0.455. The van der Waals surface area contributed by atoms with E-state index >= 15 is 0 Å². The van der Waals surface area contributed by atoms with Crippen LogP contribution in [0.3, 0.4) is 0 Å². The van der Waals surface area contributed by atoms with E-state index in [1.165, 1.54) is 0 Å². The third-order valence-electron chi connectivity index (χ3n) is 3.31. The van der Waals surface area contributed by atoms with E-state index in [0.717, 1.165) is 6.42 Å². The van der Waals surface area contributed by atoms with Crippen LogP contribution in [0.2, 0.25) is 0 Å². The van der Waals surface area contributed by atoms with Crippen molar-refractivity contribution in [1.29, 1.82) is 0 Å². The maximum absolute atomic E-state index is 11.6. The standard InChI is InChI=1S/C13H23N3O4/c1-9(2)8-15-10(17)4-7-14-12(20)16-13(11(18)19)5-3-6-13/h9H,3-8H2,1-2H3,(H,15,17)(H,18,19)(H2,14,16,20). The van der Waals surface area contributed by atoms with Gasteiger partial charge in [-0.25, -0.2) is 9.59 Å². The first-order chi connectivity index (χ1) is 9.35. The van der Waals surface area contributed by atoms with Crippen molar-refractivity contribution in [2.75, 3.05) is 13.1 Å². The Kier molecular flexibility index (Phi) is 5.79. The summed E-state index contributed by atoms with van der Waals surface area (Å²) in [7, 11) is 0. The second kappa shape index (κ2) is 7.12. The first-order valence-electron chi connectivity index (χ1n) is 6.92. The molecule has 4 N–H and O–H groups in total. The Bertz CT molecular complexity index is 378. The van der Waals surface area contributed by atoms with Gasteiger partial charge in [0, 0.05) is 19.5 Å². The quantitative estimate of drug-likeness (QED) is 0.545. The van der Waals surface area contributed by atoms with Crippen LogP contribution >= 0.6 is 0 Å². The minimum atomic E-state index is -1.12. The van der Waals surface area contributed by atoms with Gasteiger partial charge in [0.2, 0.25) is 5.91 Å². The summed E-state index contributed by atoms with van der Waals surface area (Å²) in [6.45, 7) is 4.78. The van der Waals surface area contributed by atoms with Crippen LogP contribution in [0.1, 0.15) is 39.5 Å². The normalized spacial score (nSPS) is 16.1. The fraction of sp³-hybridized carbons (Fsp3) is 0.769. The van der Waals surface area contributed by atoms with Crippen molar-refractivity contribution in [3.05, 3.63) is 0 Å². The Balaban J connectivity index is 2.20. The summed E-state index contributed by atoms with van der Waals surface area (Å²) >= 11 is 0. The Morgan fingerprint density at radius 2 is 1.85 bits per heavy atom. The number of nitrogens with one attached hydrogen (secondary N) is 3. The molecule has 114 valence electrons.